The van der Waals surface area contributed by atoms with E-state index < -0.39 is 14.9 Å². The molecule has 0 amide bonds. The molecule has 1 aromatic rings. The average molecular weight is 301 g/mol. The van der Waals surface area contributed by atoms with Gasteiger partial charge in [-0.2, -0.15) is 0 Å². The summed E-state index contributed by atoms with van der Waals surface area (Å²) in [4.78, 5) is 9.80. The van der Waals surface area contributed by atoms with Gasteiger partial charge >= 0.3 is 0 Å². The first-order valence-electron chi connectivity index (χ1n) is 6.25. The number of nitrogen functional groups attached to an aromatic ring is 1. The Morgan fingerprint density at radius 1 is 1.40 bits per heavy atom. The first kappa shape index (κ1) is 16.4. The molecule has 0 aliphatic carbocycles. The smallest absolute Gasteiger partial charge is 0.270 e. The van der Waals surface area contributed by atoms with Gasteiger partial charge in [0, 0.05) is 18.2 Å². The molecule has 112 valence electrons. The van der Waals surface area contributed by atoms with Crippen molar-refractivity contribution in [1.29, 1.82) is 0 Å². The minimum absolute atomic E-state index is 0.0144. The third kappa shape index (κ3) is 3.67. The van der Waals surface area contributed by atoms with Crippen LogP contribution >= 0.6 is 0 Å². The lowest BCUT2D eigenvalue weighted by Gasteiger charge is -2.20. The van der Waals surface area contributed by atoms with E-state index in [2.05, 4.69) is 4.72 Å². The second-order valence-electron chi connectivity index (χ2n) is 4.77. The maximum atomic E-state index is 12.2. The summed E-state index contributed by atoms with van der Waals surface area (Å²) < 4.78 is 27.0. The largest absolute Gasteiger partial charge is 0.398 e. The lowest BCUT2D eigenvalue weighted by molar-refractivity contribution is -0.385. The van der Waals surface area contributed by atoms with Crippen molar-refractivity contribution < 1.29 is 13.3 Å². The number of nitrogens with zero attached hydrogens (tertiary/aromatic N) is 1. The van der Waals surface area contributed by atoms with Gasteiger partial charge in [-0.05, 0) is 18.9 Å². The summed E-state index contributed by atoms with van der Waals surface area (Å²) in [5.74, 6) is 0.143. The highest BCUT2D eigenvalue weighted by Gasteiger charge is 2.24. The van der Waals surface area contributed by atoms with Gasteiger partial charge in [-0.15, -0.1) is 0 Å². The second-order valence-corrected chi connectivity index (χ2v) is 6.46. The molecular weight excluding hydrogens is 282 g/mol. The Hall–Kier alpha value is -1.67. The number of hydrogen-bond donors (Lipinski definition) is 2. The molecule has 0 aromatic heterocycles. The molecule has 0 fully saturated rings. The molecule has 0 aliphatic heterocycles. The predicted molar refractivity (Wildman–Crippen MR) is 76.7 cm³/mol. The summed E-state index contributed by atoms with van der Waals surface area (Å²) >= 11 is 0. The molecule has 0 heterocycles. The van der Waals surface area contributed by atoms with Crippen molar-refractivity contribution in [1.82, 2.24) is 4.72 Å². The zero-order valence-electron chi connectivity index (χ0n) is 11.7. The van der Waals surface area contributed by atoms with Crippen LogP contribution in [0.4, 0.5) is 11.4 Å². The topological polar surface area (TPSA) is 115 Å². The SMILES string of the molecule is CCC(C)C(C)NS(=O)(=O)c1cc([N+](=O)[O-])ccc1N. The summed E-state index contributed by atoms with van der Waals surface area (Å²) in [6.07, 6.45) is 0.814. The number of sulfonamides is 1. The molecule has 0 bridgehead atoms. The first-order valence-corrected chi connectivity index (χ1v) is 7.73. The van der Waals surface area contributed by atoms with Crippen LogP contribution < -0.4 is 10.5 Å². The first-order chi connectivity index (χ1) is 9.19. The van der Waals surface area contributed by atoms with Gasteiger partial charge in [0.15, 0.2) is 0 Å². The van der Waals surface area contributed by atoms with Crippen molar-refractivity contribution in [2.75, 3.05) is 5.73 Å². The molecule has 20 heavy (non-hydrogen) atoms. The molecule has 1 rings (SSSR count). The predicted octanol–water partition coefficient (Wildman–Crippen LogP) is 1.89. The van der Waals surface area contributed by atoms with Crippen LogP contribution in [0.1, 0.15) is 27.2 Å². The Morgan fingerprint density at radius 3 is 2.50 bits per heavy atom. The fourth-order valence-electron chi connectivity index (χ4n) is 1.65. The molecule has 1 aromatic carbocycles. The molecule has 0 saturated carbocycles. The van der Waals surface area contributed by atoms with Crippen LogP contribution in [0.3, 0.4) is 0 Å². The molecule has 0 aliphatic rings. The summed E-state index contributed by atoms with van der Waals surface area (Å²) in [7, 11) is -3.88. The second kappa shape index (κ2) is 6.19. The Morgan fingerprint density at radius 2 is 2.00 bits per heavy atom. The van der Waals surface area contributed by atoms with E-state index in [-0.39, 0.29) is 28.2 Å². The Labute approximate surface area is 118 Å². The van der Waals surface area contributed by atoms with E-state index >= 15 is 0 Å². The number of hydrogen-bond acceptors (Lipinski definition) is 5. The van der Waals surface area contributed by atoms with E-state index in [0.717, 1.165) is 12.5 Å². The highest BCUT2D eigenvalue weighted by Crippen LogP contribution is 2.24. The molecule has 7 nitrogen and oxygen atoms in total. The van der Waals surface area contributed by atoms with Gasteiger partial charge in [-0.25, -0.2) is 13.1 Å². The number of rotatable bonds is 6. The van der Waals surface area contributed by atoms with Crippen LogP contribution in [0.2, 0.25) is 0 Å². The molecule has 0 radical (unpaired) electrons. The summed E-state index contributed by atoms with van der Waals surface area (Å²) in [6.45, 7) is 5.63. The number of anilines is 1. The number of nitrogens with two attached hydrogens (primary N) is 1. The number of nitrogens with one attached hydrogen (secondary N) is 1. The standard InChI is InChI=1S/C12H19N3O4S/c1-4-8(2)9(3)14-20(18,19)12-7-10(15(16)17)5-6-11(12)13/h5-9,14H,4,13H2,1-3H3. The number of nitro groups is 1. The van der Waals surface area contributed by atoms with Crippen LogP contribution in [-0.4, -0.2) is 19.4 Å². The van der Waals surface area contributed by atoms with Crippen molar-refractivity contribution in [3.05, 3.63) is 28.3 Å². The van der Waals surface area contributed by atoms with Crippen molar-refractivity contribution in [3.63, 3.8) is 0 Å². The fraction of sp³-hybridized carbons (Fsp3) is 0.500. The average Bonchev–Trinajstić information content (AvgIpc) is 2.37. The maximum Gasteiger partial charge on any atom is 0.270 e. The van der Waals surface area contributed by atoms with Crippen molar-refractivity contribution in [3.8, 4) is 0 Å². The van der Waals surface area contributed by atoms with Crippen LogP contribution in [-0.2, 0) is 10.0 Å². The van der Waals surface area contributed by atoms with E-state index in [9.17, 15) is 18.5 Å². The monoisotopic (exact) mass is 301 g/mol. The van der Waals surface area contributed by atoms with Gasteiger partial charge in [0.2, 0.25) is 10.0 Å². The molecule has 8 heteroatoms. The Balaban J connectivity index is 3.15. The molecule has 2 atom stereocenters. The third-order valence-electron chi connectivity index (χ3n) is 3.34. The summed E-state index contributed by atoms with van der Waals surface area (Å²) in [6, 6.07) is 3.08. The van der Waals surface area contributed by atoms with Crippen LogP contribution in [0.25, 0.3) is 0 Å². The number of non-ortho nitro benzene ring substituents is 1. The van der Waals surface area contributed by atoms with Gasteiger partial charge in [0.25, 0.3) is 5.69 Å². The molecule has 0 spiro atoms. The van der Waals surface area contributed by atoms with E-state index in [1.54, 1.807) is 6.92 Å². The fourth-order valence-corrected chi connectivity index (χ4v) is 3.15. The minimum atomic E-state index is -3.88. The van der Waals surface area contributed by atoms with E-state index in [0.29, 0.717) is 0 Å². The highest BCUT2D eigenvalue weighted by molar-refractivity contribution is 7.89. The van der Waals surface area contributed by atoms with Gasteiger partial charge in [0.1, 0.15) is 4.90 Å². The maximum absolute atomic E-state index is 12.2. The Bertz CT molecular complexity index is 601. The van der Waals surface area contributed by atoms with Gasteiger partial charge in [-0.3, -0.25) is 10.1 Å². The van der Waals surface area contributed by atoms with Gasteiger partial charge in [-0.1, -0.05) is 20.3 Å². The van der Waals surface area contributed by atoms with Crippen molar-refractivity contribution >= 4 is 21.4 Å². The normalized spacial score (nSPS) is 14.8. The van der Waals surface area contributed by atoms with Crippen molar-refractivity contribution in [2.24, 2.45) is 5.92 Å². The zero-order chi connectivity index (χ0) is 15.5. The van der Waals surface area contributed by atoms with E-state index in [1.807, 2.05) is 13.8 Å². The lowest BCUT2D eigenvalue weighted by atomic mass is 10.0. The van der Waals surface area contributed by atoms with E-state index in [4.69, 9.17) is 5.73 Å². The molecular formula is C12H19N3O4S. The third-order valence-corrected chi connectivity index (χ3v) is 4.95. The minimum Gasteiger partial charge on any atom is -0.398 e. The van der Waals surface area contributed by atoms with E-state index in [1.165, 1.54) is 12.1 Å². The number of nitro benzene ring substituents is 1. The summed E-state index contributed by atoms with van der Waals surface area (Å²) in [5, 5.41) is 10.7. The molecule has 2 unspecified atom stereocenters. The molecule has 0 saturated heterocycles. The highest BCUT2D eigenvalue weighted by atomic mass is 32.2. The zero-order valence-corrected chi connectivity index (χ0v) is 12.5. The lowest BCUT2D eigenvalue weighted by Crippen LogP contribution is -2.37. The Kier molecular flexibility index (Phi) is 5.07. The van der Waals surface area contributed by atoms with Gasteiger partial charge < -0.3 is 5.73 Å². The van der Waals surface area contributed by atoms with Crippen LogP contribution in [0, 0.1) is 16.0 Å². The van der Waals surface area contributed by atoms with Crippen molar-refractivity contribution in [2.45, 2.75) is 38.1 Å². The van der Waals surface area contributed by atoms with Crippen LogP contribution in [0.5, 0.6) is 0 Å². The molecule has 3 N–H and O–H groups in total. The summed E-state index contributed by atoms with van der Waals surface area (Å²) in [5.41, 5.74) is 5.29. The number of benzene rings is 1. The quantitative estimate of drug-likeness (QED) is 0.473. The van der Waals surface area contributed by atoms with Crippen LogP contribution in [0.15, 0.2) is 23.1 Å². The van der Waals surface area contributed by atoms with Gasteiger partial charge in [0.05, 0.1) is 10.6 Å².